The van der Waals surface area contributed by atoms with Crippen molar-refractivity contribution < 1.29 is 6.17 Å². The first-order valence-electron chi connectivity index (χ1n) is 3.34. The number of carbonyl (C=O) groups is 1. The van der Waals surface area contributed by atoms with Gasteiger partial charge in [0.1, 0.15) is 5.69 Å². The summed E-state index contributed by atoms with van der Waals surface area (Å²) in [5.41, 5.74) is 5.88. The third kappa shape index (κ3) is 1.13. The lowest BCUT2D eigenvalue weighted by atomic mass is 10.2. The van der Waals surface area contributed by atoms with Gasteiger partial charge < -0.3 is 5.73 Å². The summed E-state index contributed by atoms with van der Waals surface area (Å²) < 4.78 is 7.16. The molecule has 1 rings (SSSR count). The van der Waals surface area contributed by atoms with Crippen molar-refractivity contribution in [3.8, 4) is 0 Å². The summed E-state index contributed by atoms with van der Waals surface area (Å²) in [6, 6.07) is 1.83. The number of hydrogen-bond acceptors (Lipinski definition) is 2. The lowest BCUT2D eigenvalue weighted by Gasteiger charge is -1.96. The molecule has 1 amide bonds. The van der Waals surface area contributed by atoms with E-state index in [1.165, 1.54) is 6.20 Å². The van der Waals surface area contributed by atoms with Crippen molar-refractivity contribution in [3.05, 3.63) is 29.6 Å². The zero-order valence-corrected chi connectivity index (χ0v) is 5.59. The molecule has 0 aliphatic heterocycles. The highest BCUT2D eigenvalue weighted by Gasteiger charge is 2.02. The van der Waals surface area contributed by atoms with E-state index in [0.29, 0.717) is 5.56 Å². The van der Waals surface area contributed by atoms with Crippen LogP contribution in [0.3, 0.4) is 0 Å². The summed E-state index contributed by atoms with van der Waals surface area (Å²) in [6.07, 6.45) is 1.30. The maximum atomic E-state index is 10.6. The van der Waals surface area contributed by atoms with Crippen molar-refractivity contribution in [2.75, 3.05) is 0 Å². The molecule has 0 spiro atoms. The van der Waals surface area contributed by atoms with Gasteiger partial charge in [0.25, 0.3) is 5.91 Å². The van der Waals surface area contributed by atoms with Crippen LogP contribution in [-0.2, 0) is 0 Å². The Morgan fingerprint density at radius 3 is 3.10 bits per heavy atom. The molecule has 0 aliphatic carbocycles. The maximum absolute atomic E-state index is 10.6. The molecule has 1 heterocycles. The van der Waals surface area contributed by atoms with Crippen molar-refractivity contribution in [2.24, 2.45) is 5.73 Å². The molecule has 0 fully saturated rings. The van der Waals surface area contributed by atoms with E-state index in [9.17, 15) is 4.79 Å². The molecule has 0 unspecified atom stereocenters. The average molecular weight is 137 g/mol. The number of nitrogens with two attached hydrogens (primary N) is 1. The molecule has 3 heteroatoms. The Labute approximate surface area is 60.3 Å². The zero-order chi connectivity index (χ0) is 8.43. The topological polar surface area (TPSA) is 56.0 Å². The Morgan fingerprint density at radius 2 is 2.60 bits per heavy atom. The van der Waals surface area contributed by atoms with E-state index in [2.05, 4.69) is 4.98 Å². The van der Waals surface area contributed by atoms with E-state index in [0.717, 1.165) is 0 Å². The molecule has 0 aliphatic rings. The summed E-state index contributed by atoms with van der Waals surface area (Å²) in [5.74, 6) is -0.553. The largest absolute Gasteiger partial charge is 0.364 e. The number of primary amides is 1. The summed E-state index contributed by atoms with van der Waals surface area (Å²) in [7, 11) is 0. The van der Waals surface area contributed by atoms with Crippen LogP contribution in [0, 0.1) is 6.92 Å². The molecule has 0 radical (unpaired) electrons. The molecule has 3 nitrogen and oxygen atoms in total. The fourth-order valence-corrected chi connectivity index (χ4v) is 0.692. The third-order valence-corrected chi connectivity index (χ3v) is 1.17. The van der Waals surface area contributed by atoms with E-state index < -0.39 is 5.91 Å². The number of nitrogens with zero attached hydrogens (tertiary/aromatic N) is 1. The van der Waals surface area contributed by atoms with Crippen molar-refractivity contribution >= 4 is 5.91 Å². The minimum atomic E-state index is -0.553. The van der Waals surface area contributed by atoms with Crippen LogP contribution < -0.4 is 5.73 Å². The second kappa shape index (κ2) is 2.47. The summed E-state index contributed by atoms with van der Waals surface area (Å²) in [4.78, 5) is 14.3. The Balaban J connectivity index is 3.20. The quantitative estimate of drug-likeness (QED) is 0.612. The van der Waals surface area contributed by atoms with E-state index in [1.807, 2.05) is 0 Å². The number of amides is 1. The SMILES string of the molecule is [2H]c1cnc(C(N)=O)c(C)c1. The second-order valence-corrected chi connectivity index (χ2v) is 1.97. The number of hydrogen-bond donors (Lipinski definition) is 1. The van der Waals surface area contributed by atoms with E-state index in [4.69, 9.17) is 7.10 Å². The van der Waals surface area contributed by atoms with Crippen molar-refractivity contribution in [3.63, 3.8) is 0 Å². The molecule has 0 saturated heterocycles. The number of carbonyl (C=O) groups excluding carboxylic acids is 1. The van der Waals surface area contributed by atoms with E-state index in [-0.39, 0.29) is 11.7 Å². The van der Waals surface area contributed by atoms with Gasteiger partial charge in [-0.3, -0.25) is 9.78 Å². The molecule has 0 saturated carbocycles. The number of pyridine rings is 1. The van der Waals surface area contributed by atoms with Crippen molar-refractivity contribution in [1.82, 2.24) is 4.98 Å². The van der Waals surface area contributed by atoms with Gasteiger partial charge in [-0.15, -0.1) is 0 Å². The van der Waals surface area contributed by atoms with Gasteiger partial charge in [-0.05, 0) is 18.5 Å². The van der Waals surface area contributed by atoms with Crippen LogP contribution in [0.25, 0.3) is 0 Å². The molecule has 0 bridgehead atoms. The smallest absolute Gasteiger partial charge is 0.267 e. The minimum absolute atomic E-state index is 0.237. The molecule has 10 heavy (non-hydrogen) atoms. The second-order valence-electron chi connectivity index (χ2n) is 1.97. The van der Waals surface area contributed by atoms with Gasteiger partial charge in [-0.25, -0.2) is 0 Å². The van der Waals surface area contributed by atoms with Crippen LogP contribution in [-0.4, -0.2) is 10.9 Å². The lowest BCUT2D eigenvalue weighted by Crippen LogP contribution is -2.14. The van der Waals surface area contributed by atoms with Crippen LogP contribution in [0.1, 0.15) is 17.4 Å². The van der Waals surface area contributed by atoms with Gasteiger partial charge >= 0.3 is 0 Å². The summed E-state index contributed by atoms with van der Waals surface area (Å²) in [6.45, 7) is 1.70. The molecule has 0 aromatic carbocycles. The van der Waals surface area contributed by atoms with Crippen molar-refractivity contribution in [2.45, 2.75) is 6.92 Å². The first-order valence-corrected chi connectivity index (χ1v) is 2.84. The van der Waals surface area contributed by atoms with Gasteiger partial charge in [0.2, 0.25) is 0 Å². The number of rotatable bonds is 1. The highest BCUT2D eigenvalue weighted by atomic mass is 16.1. The normalized spacial score (nSPS) is 10.7. The van der Waals surface area contributed by atoms with Crippen LogP contribution in [0.5, 0.6) is 0 Å². The van der Waals surface area contributed by atoms with Crippen LogP contribution in [0.15, 0.2) is 18.3 Å². The highest BCUT2D eigenvalue weighted by molar-refractivity contribution is 5.92. The fourth-order valence-electron chi connectivity index (χ4n) is 0.692. The predicted molar refractivity (Wildman–Crippen MR) is 37.5 cm³/mol. The Morgan fingerprint density at radius 1 is 1.90 bits per heavy atom. The lowest BCUT2D eigenvalue weighted by molar-refractivity contribution is 0.0995. The fraction of sp³-hybridized carbons (Fsp3) is 0.143. The van der Waals surface area contributed by atoms with Gasteiger partial charge in [0, 0.05) is 6.20 Å². The van der Waals surface area contributed by atoms with Gasteiger partial charge in [-0.1, -0.05) is 6.07 Å². The minimum Gasteiger partial charge on any atom is -0.364 e. The zero-order valence-electron chi connectivity index (χ0n) is 6.59. The monoisotopic (exact) mass is 137 g/mol. The molecule has 1 aromatic rings. The molecule has 1 aromatic heterocycles. The van der Waals surface area contributed by atoms with Crippen LogP contribution in [0.2, 0.25) is 0 Å². The van der Waals surface area contributed by atoms with Crippen LogP contribution >= 0.6 is 0 Å². The predicted octanol–water partition coefficient (Wildman–Crippen LogP) is 0.489. The van der Waals surface area contributed by atoms with Gasteiger partial charge in [0.15, 0.2) is 0 Å². The molecular formula is C7H8N2O. The van der Waals surface area contributed by atoms with Crippen molar-refractivity contribution in [1.29, 1.82) is 0 Å². The summed E-state index contributed by atoms with van der Waals surface area (Å²) in [5, 5.41) is 0. The molecule has 2 N–H and O–H groups in total. The first kappa shape index (κ1) is 5.41. The molecular weight excluding hydrogens is 128 g/mol. The first-order chi connectivity index (χ1) is 5.11. The van der Waals surface area contributed by atoms with E-state index in [1.54, 1.807) is 13.0 Å². The van der Waals surface area contributed by atoms with E-state index >= 15 is 0 Å². The number of aryl methyl sites for hydroxylation is 1. The van der Waals surface area contributed by atoms with Gasteiger partial charge in [-0.2, -0.15) is 0 Å². The highest BCUT2D eigenvalue weighted by Crippen LogP contribution is 2.00. The van der Waals surface area contributed by atoms with Crippen LogP contribution in [0.4, 0.5) is 0 Å². The Hall–Kier alpha value is -1.38. The molecule has 52 valence electrons. The maximum Gasteiger partial charge on any atom is 0.267 e. The summed E-state index contributed by atoms with van der Waals surface area (Å²) >= 11 is 0. The standard InChI is InChI=1S/C7H8N2O/c1-5-3-2-4-9-6(5)7(8)10/h2-4H,1H3,(H2,8,10)/i2D. The number of aromatic nitrogens is 1. The van der Waals surface area contributed by atoms with Gasteiger partial charge in [0.05, 0.1) is 1.37 Å². The third-order valence-electron chi connectivity index (χ3n) is 1.17. The Bertz CT molecular complexity index is 298. The Kier molecular flexibility index (Phi) is 1.34. The average Bonchev–Trinajstić information content (AvgIpc) is 1.85. The molecule has 0 atom stereocenters.